The van der Waals surface area contributed by atoms with Gasteiger partial charge in [0.05, 0.1) is 12.0 Å². The van der Waals surface area contributed by atoms with Crippen LogP contribution in [0.4, 0.5) is 0 Å². The summed E-state index contributed by atoms with van der Waals surface area (Å²) < 4.78 is 0. The fourth-order valence-electron chi connectivity index (χ4n) is 2.23. The highest BCUT2D eigenvalue weighted by Gasteiger charge is 2.28. The van der Waals surface area contributed by atoms with Crippen molar-refractivity contribution in [1.29, 1.82) is 0 Å². The second-order valence-corrected chi connectivity index (χ2v) is 5.68. The van der Waals surface area contributed by atoms with E-state index in [2.05, 4.69) is 24.3 Å². The molecule has 2 unspecified atom stereocenters. The highest BCUT2D eigenvalue weighted by Crippen LogP contribution is 2.22. The Balaban J connectivity index is 2.32. The van der Waals surface area contributed by atoms with Crippen molar-refractivity contribution < 1.29 is 9.90 Å². The molecule has 1 fully saturated rings. The Morgan fingerprint density at radius 2 is 2.06 bits per heavy atom. The zero-order chi connectivity index (χ0) is 12.3. The van der Waals surface area contributed by atoms with Crippen LogP contribution >= 0.6 is 0 Å². The minimum Gasteiger partial charge on any atom is -0.390 e. The average molecular weight is 228 g/mol. The minimum absolute atomic E-state index is 0.0445. The van der Waals surface area contributed by atoms with E-state index in [4.69, 9.17) is 0 Å². The van der Waals surface area contributed by atoms with Gasteiger partial charge in [-0.1, -0.05) is 0 Å². The lowest BCUT2D eigenvalue weighted by atomic mass is 10.0. The minimum atomic E-state index is -0.913. The second kappa shape index (κ2) is 5.15. The van der Waals surface area contributed by atoms with Gasteiger partial charge in [0.25, 0.3) is 0 Å². The Morgan fingerprint density at radius 3 is 2.50 bits per heavy atom. The van der Waals surface area contributed by atoms with E-state index < -0.39 is 5.60 Å². The average Bonchev–Trinajstić information content (AvgIpc) is 2.48. The van der Waals surface area contributed by atoms with Crippen LogP contribution in [0.15, 0.2) is 0 Å². The molecule has 0 spiro atoms. The van der Waals surface area contributed by atoms with Crippen LogP contribution in [0.25, 0.3) is 0 Å². The van der Waals surface area contributed by atoms with Crippen LogP contribution < -0.4 is 5.32 Å². The van der Waals surface area contributed by atoms with Crippen LogP contribution in [-0.4, -0.2) is 47.7 Å². The van der Waals surface area contributed by atoms with Crippen molar-refractivity contribution in [3.63, 3.8) is 0 Å². The first kappa shape index (κ1) is 13.5. The highest BCUT2D eigenvalue weighted by atomic mass is 16.3. The quantitative estimate of drug-likeness (QED) is 0.746. The number of hydrogen-bond acceptors (Lipinski definition) is 3. The molecule has 0 aliphatic heterocycles. The summed E-state index contributed by atoms with van der Waals surface area (Å²) in [6.07, 6.45) is 3.38. The molecular formula is C12H24N2O2. The van der Waals surface area contributed by atoms with Gasteiger partial charge in [-0.2, -0.15) is 0 Å². The Bertz CT molecular complexity index is 246. The molecule has 1 aliphatic carbocycles. The summed E-state index contributed by atoms with van der Waals surface area (Å²) in [5.41, 5.74) is -0.913. The molecule has 0 bridgehead atoms. The summed E-state index contributed by atoms with van der Waals surface area (Å²) in [6, 6.07) is 0.856. The van der Waals surface area contributed by atoms with Crippen molar-refractivity contribution in [2.75, 3.05) is 14.1 Å². The van der Waals surface area contributed by atoms with Gasteiger partial charge in [-0.3, -0.25) is 4.79 Å². The van der Waals surface area contributed by atoms with Gasteiger partial charge in [0, 0.05) is 12.1 Å². The van der Waals surface area contributed by atoms with E-state index in [9.17, 15) is 9.90 Å². The number of carbonyl (C=O) groups is 1. The van der Waals surface area contributed by atoms with E-state index in [0.717, 1.165) is 19.3 Å². The molecule has 4 heteroatoms. The van der Waals surface area contributed by atoms with Gasteiger partial charge >= 0.3 is 0 Å². The van der Waals surface area contributed by atoms with Gasteiger partial charge in [0.2, 0.25) is 5.91 Å². The van der Waals surface area contributed by atoms with E-state index >= 15 is 0 Å². The van der Waals surface area contributed by atoms with Gasteiger partial charge in [-0.05, 0) is 47.2 Å². The maximum Gasteiger partial charge on any atom is 0.223 e. The summed E-state index contributed by atoms with van der Waals surface area (Å²) in [6.45, 7) is 3.31. The summed E-state index contributed by atoms with van der Waals surface area (Å²) in [5, 5.41) is 12.5. The van der Waals surface area contributed by atoms with E-state index in [1.54, 1.807) is 13.8 Å². The zero-order valence-corrected chi connectivity index (χ0v) is 10.8. The predicted octanol–water partition coefficient (Wildman–Crippen LogP) is 0.746. The summed E-state index contributed by atoms with van der Waals surface area (Å²) in [5.74, 6) is -0.0445. The lowest BCUT2D eigenvalue weighted by Crippen LogP contribution is -2.38. The number of aliphatic hydroxyl groups is 1. The first-order valence-electron chi connectivity index (χ1n) is 5.96. The number of amides is 1. The Morgan fingerprint density at radius 1 is 1.44 bits per heavy atom. The summed E-state index contributed by atoms with van der Waals surface area (Å²) >= 11 is 0. The Labute approximate surface area is 98.0 Å². The molecule has 0 saturated heterocycles. The maximum atomic E-state index is 11.6. The molecule has 0 aromatic rings. The number of nitrogens with one attached hydrogen (secondary N) is 1. The smallest absolute Gasteiger partial charge is 0.223 e. The molecule has 16 heavy (non-hydrogen) atoms. The number of hydrogen-bond donors (Lipinski definition) is 2. The Kier molecular flexibility index (Phi) is 4.33. The summed E-state index contributed by atoms with van der Waals surface area (Å²) in [4.78, 5) is 13.8. The molecule has 0 radical (unpaired) electrons. The van der Waals surface area contributed by atoms with Crippen LogP contribution in [0.2, 0.25) is 0 Å². The molecule has 0 heterocycles. The second-order valence-electron chi connectivity index (χ2n) is 5.68. The normalized spacial score (nSPS) is 26.1. The van der Waals surface area contributed by atoms with Crippen LogP contribution in [0.5, 0.6) is 0 Å². The van der Waals surface area contributed by atoms with Crippen LogP contribution in [-0.2, 0) is 4.79 Å². The topological polar surface area (TPSA) is 52.6 Å². The first-order chi connectivity index (χ1) is 7.28. The zero-order valence-electron chi connectivity index (χ0n) is 10.8. The third kappa shape index (κ3) is 4.49. The van der Waals surface area contributed by atoms with Crippen molar-refractivity contribution in [2.24, 2.45) is 0 Å². The fourth-order valence-corrected chi connectivity index (χ4v) is 2.23. The van der Waals surface area contributed by atoms with Crippen molar-refractivity contribution in [3.8, 4) is 0 Å². The van der Waals surface area contributed by atoms with Gasteiger partial charge < -0.3 is 15.3 Å². The molecule has 1 aliphatic rings. The fraction of sp³-hybridized carbons (Fsp3) is 0.917. The van der Waals surface area contributed by atoms with E-state index in [0.29, 0.717) is 6.04 Å². The lowest BCUT2D eigenvalue weighted by molar-refractivity contribution is -0.125. The van der Waals surface area contributed by atoms with Crippen molar-refractivity contribution in [1.82, 2.24) is 10.2 Å². The van der Waals surface area contributed by atoms with Crippen LogP contribution in [0.1, 0.15) is 39.5 Å². The van der Waals surface area contributed by atoms with Crippen molar-refractivity contribution in [2.45, 2.75) is 57.2 Å². The molecule has 1 amide bonds. The van der Waals surface area contributed by atoms with E-state index in [1.807, 2.05) is 0 Å². The predicted molar refractivity (Wildman–Crippen MR) is 64.2 cm³/mol. The van der Waals surface area contributed by atoms with Gasteiger partial charge in [0.15, 0.2) is 0 Å². The number of carbonyl (C=O) groups excluding carboxylic acids is 1. The molecule has 0 aromatic carbocycles. The molecule has 2 atom stereocenters. The van der Waals surface area contributed by atoms with Crippen LogP contribution in [0, 0.1) is 0 Å². The molecule has 4 nitrogen and oxygen atoms in total. The third-order valence-electron chi connectivity index (χ3n) is 3.09. The van der Waals surface area contributed by atoms with Crippen LogP contribution in [0.3, 0.4) is 0 Å². The monoisotopic (exact) mass is 228 g/mol. The SMILES string of the molecule is CN(C)C1CCC(NC(=O)CC(C)(C)O)C1. The molecule has 0 aromatic heterocycles. The summed E-state index contributed by atoms with van der Waals surface area (Å²) in [7, 11) is 4.15. The molecule has 2 N–H and O–H groups in total. The molecule has 1 rings (SSSR count). The standard InChI is InChI=1S/C12H24N2O2/c1-12(2,16)8-11(15)13-9-5-6-10(7-9)14(3)4/h9-10,16H,5-8H2,1-4H3,(H,13,15). The maximum absolute atomic E-state index is 11.6. The molecular weight excluding hydrogens is 204 g/mol. The highest BCUT2D eigenvalue weighted by molar-refractivity contribution is 5.77. The van der Waals surface area contributed by atoms with Crippen molar-refractivity contribution in [3.05, 3.63) is 0 Å². The van der Waals surface area contributed by atoms with E-state index in [1.165, 1.54) is 0 Å². The van der Waals surface area contributed by atoms with Gasteiger partial charge in [-0.15, -0.1) is 0 Å². The van der Waals surface area contributed by atoms with E-state index in [-0.39, 0.29) is 18.4 Å². The first-order valence-corrected chi connectivity index (χ1v) is 5.96. The van der Waals surface area contributed by atoms with Crippen molar-refractivity contribution >= 4 is 5.91 Å². The Hall–Kier alpha value is -0.610. The molecule has 94 valence electrons. The third-order valence-corrected chi connectivity index (χ3v) is 3.09. The van der Waals surface area contributed by atoms with Gasteiger partial charge in [0.1, 0.15) is 0 Å². The number of nitrogens with zero attached hydrogens (tertiary/aromatic N) is 1. The largest absolute Gasteiger partial charge is 0.390 e. The lowest BCUT2D eigenvalue weighted by Gasteiger charge is -2.21. The molecule has 1 saturated carbocycles. The number of rotatable bonds is 4. The van der Waals surface area contributed by atoms with Gasteiger partial charge in [-0.25, -0.2) is 0 Å².